The van der Waals surface area contributed by atoms with Crippen LogP contribution in [0.3, 0.4) is 0 Å². The van der Waals surface area contributed by atoms with Gasteiger partial charge in [-0.3, -0.25) is 0 Å². The highest BCUT2D eigenvalue weighted by molar-refractivity contribution is 5.86. The van der Waals surface area contributed by atoms with Gasteiger partial charge in [-0.25, -0.2) is 4.79 Å². The number of hydrogen-bond acceptors (Lipinski definition) is 4. The fourth-order valence-electron chi connectivity index (χ4n) is 5.17. The average Bonchev–Trinajstić information content (AvgIpc) is 2.92. The fraction of sp³-hybridized carbons (Fsp3) is 0.364. The zero-order valence-corrected chi connectivity index (χ0v) is 22.1. The Balaban J connectivity index is 1.53. The maximum Gasteiger partial charge on any atom is 0.333 e. The lowest BCUT2D eigenvalue weighted by atomic mass is 9.83. The summed E-state index contributed by atoms with van der Waals surface area (Å²) in [4.78, 5) is 11.8. The number of aliphatic hydroxyl groups excluding tert-OH is 1. The molecule has 4 rings (SSSR count). The molecule has 3 aromatic carbocycles. The van der Waals surface area contributed by atoms with E-state index in [0.29, 0.717) is 23.7 Å². The summed E-state index contributed by atoms with van der Waals surface area (Å²) in [6.45, 7) is 7.81. The third kappa shape index (κ3) is 6.90. The molecule has 0 bridgehead atoms. The maximum atomic E-state index is 11.8. The lowest BCUT2D eigenvalue weighted by Crippen LogP contribution is -2.10. The van der Waals surface area contributed by atoms with Gasteiger partial charge in [0.1, 0.15) is 12.4 Å². The van der Waals surface area contributed by atoms with Crippen LogP contribution in [0.1, 0.15) is 61.6 Å². The zero-order chi connectivity index (χ0) is 26.2. The maximum absolute atomic E-state index is 11.8. The first kappa shape index (κ1) is 26.7. The molecule has 0 atom stereocenters. The Bertz CT molecular complexity index is 1220. The van der Waals surface area contributed by atoms with E-state index in [1.54, 1.807) is 6.92 Å². The van der Waals surface area contributed by atoms with E-state index >= 15 is 0 Å². The molecule has 4 heteroatoms. The van der Waals surface area contributed by atoms with Crippen LogP contribution < -0.4 is 4.74 Å². The number of carbonyl (C=O) groups excluding carboxylic acids is 1. The van der Waals surface area contributed by atoms with Gasteiger partial charge in [-0.15, -0.1) is 0 Å². The van der Waals surface area contributed by atoms with Crippen molar-refractivity contribution in [2.24, 2.45) is 0 Å². The molecule has 0 spiro atoms. The molecular weight excluding hydrogens is 460 g/mol. The van der Waals surface area contributed by atoms with Crippen LogP contribution >= 0.6 is 0 Å². The minimum Gasteiger partial charge on any atom is -0.491 e. The van der Waals surface area contributed by atoms with Gasteiger partial charge in [0.2, 0.25) is 0 Å². The topological polar surface area (TPSA) is 55.8 Å². The first-order chi connectivity index (χ1) is 18.0. The zero-order valence-electron chi connectivity index (χ0n) is 22.1. The van der Waals surface area contributed by atoms with Gasteiger partial charge in [-0.1, -0.05) is 74.4 Å². The number of aryl methyl sites for hydroxylation is 1. The molecule has 1 aliphatic rings. The van der Waals surface area contributed by atoms with E-state index in [1.165, 1.54) is 54.4 Å². The standard InChI is InChI=1S/C33H38O4/c1-23(2)33(35)37-19-17-30-22-29(14-16-32(30)36-20-18-34)28-13-15-31(24(3)21-28)27-11-9-26(10-12-27)25-7-5-4-6-8-25/h9-16,21-22,25,34H,1,4-8,17-20H2,2-3H3. The predicted molar refractivity (Wildman–Crippen MR) is 150 cm³/mol. The molecule has 1 fully saturated rings. The summed E-state index contributed by atoms with van der Waals surface area (Å²) in [5, 5.41) is 9.19. The molecule has 0 aromatic heterocycles. The van der Waals surface area contributed by atoms with E-state index in [9.17, 15) is 9.90 Å². The number of carbonyl (C=O) groups is 1. The van der Waals surface area contributed by atoms with E-state index in [2.05, 4.69) is 62.0 Å². The quantitative estimate of drug-likeness (QED) is 0.234. The molecule has 1 aliphatic carbocycles. The summed E-state index contributed by atoms with van der Waals surface area (Å²) in [5.74, 6) is 1.01. The molecule has 0 aliphatic heterocycles. The first-order valence-electron chi connectivity index (χ1n) is 13.4. The Morgan fingerprint density at radius 1 is 0.919 bits per heavy atom. The molecule has 3 aromatic rings. The predicted octanol–water partition coefficient (Wildman–Crippen LogP) is 7.41. The van der Waals surface area contributed by atoms with Gasteiger partial charge < -0.3 is 14.6 Å². The molecule has 37 heavy (non-hydrogen) atoms. The number of rotatable bonds is 10. The van der Waals surface area contributed by atoms with Crippen LogP contribution in [0.5, 0.6) is 5.75 Å². The van der Waals surface area contributed by atoms with Crippen LogP contribution in [-0.4, -0.2) is 30.9 Å². The molecule has 0 heterocycles. The Kier molecular flexibility index (Phi) is 9.19. The second kappa shape index (κ2) is 12.7. The van der Waals surface area contributed by atoms with Crippen molar-refractivity contribution in [3.63, 3.8) is 0 Å². The summed E-state index contributed by atoms with van der Waals surface area (Å²) in [7, 11) is 0. The third-order valence-electron chi connectivity index (χ3n) is 7.22. The van der Waals surface area contributed by atoms with Gasteiger partial charge in [0.05, 0.1) is 13.2 Å². The van der Waals surface area contributed by atoms with Gasteiger partial charge in [-0.2, -0.15) is 0 Å². The number of esters is 1. The minimum absolute atomic E-state index is 0.0614. The molecule has 1 saturated carbocycles. The van der Waals surface area contributed by atoms with Crippen molar-refractivity contribution in [3.05, 3.63) is 89.5 Å². The second-order valence-electron chi connectivity index (χ2n) is 10.0. The van der Waals surface area contributed by atoms with Crippen LogP contribution in [-0.2, 0) is 16.0 Å². The molecule has 0 unspecified atom stereocenters. The van der Waals surface area contributed by atoms with Gasteiger partial charge in [0.15, 0.2) is 0 Å². The van der Waals surface area contributed by atoms with Gasteiger partial charge in [0, 0.05) is 12.0 Å². The number of aliphatic hydroxyl groups is 1. The molecule has 1 N–H and O–H groups in total. The molecule has 194 valence electrons. The number of hydrogen-bond donors (Lipinski definition) is 1. The van der Waals surface area contributed by atoms with Crippen LogP contribution in [0, 0.1) is 6.92 Å². The monoisotopic (exact) mass is 498 g/mol. The highest BCUT2D eigenvalue weighted by Crippen LogP contribution is 2.35. The Morgan fingerprint density at radius 3 is 2.27 bits per heavy atom. The molecule has 0 saturated heterocycles. The molecular formula is C33H38O4. The van der Waals surface area contributed by atoms with Crippen LogP contribution in [0.4, 0.5) is 0 Å². The Morgan fingerprint density at radius 2 is 1.59 bits per heavy atom. The van der Waals surface area contributed by atoms with Crippen molar-refractivity contribution in [1.29, 1.82) is 0 Å². The van der Waals surface area contributed by atoms with Crippen molar-refractivity contribution in [2.75, 3.05) is 19.8 Å². The van der Waals surface area contributed by atoms with Crippen LogP contribution in [0.25, 0.3) is 22.3 Å². The van der Waals surface area contributed by atoms with Crippen LogP contribution in [0.2, 0.25) is 0 Å². The van der Waals surface area contributed by atoms with Crippen LogP contribution in [0.15, 0.2) is 72.8 Å². The largest absolute Gasteiger partial charge is 0.491 e. The molecule has 0 radical (unpaired) electrons. The molecule has 4 nitrogen and oxygen atoms in total. The van der Waals surface area contributed by atoms with E-state index in [1.807, 2.05) is 12.1 Å². The van der Waals surface area contributed by atoms with Gasteiger partial charge >= 0.3 is 5.97 Å². The first-order valence-corrected chi connectivity index (χ1v) is 13.4. The smallest absolute Gasteiger partial charge is 0.333 e. The number of benzene rings is 3. The lowest BCUT2D eigenvalue weighted by Gasteiger charge is -2.22. The summed E-state index contributed by atoms with van der Waals surface area (Å²) in [6.07, 6.45) is 7.22. The average molecular weight is 499 g/mol. The van der Waals surface area contributed by atoms with Crippen molar-refractivity contribution in [3.8, 4) is 28.0 Å². The Labute approximate surface area is 221 Å². The Hall–Kier alpha value is -3.37. The highest BCUT2D eigenvalue weighted by Gasteiger charge is 2.16. The van der Waals surface area contributed by atoms with E-state index in [-0.39, 0.29) is 19.8 Å². The van der Waals surface area contributed by atoms with E-state index in [4.69, 9.17) is 9.47 Å². The lowest BCUT2D eigenvalue weighted by molar-refractivity contribution is -0.138. The van der Waals surface area contributed by atoms with Gasteiger partial charge in [-0.05, 0) is 83.7 Å². The summed E-state index contributed by atoms with van der Waals surface area (Å²) >= 11 is 0. The van der Waals surface area contributed by atoms with Gasteiger partial charge in [0.25, 0.3) is 0 Å². The second-order valence-corrected chi connectivity index (χ2v) is 10.0. The fourth-order valence-corrected chi connectivity index (χ4v) is 5.17. The minimum atomic E-state index is -0.396. The van der Waals surface area contributed by atoms with Crippen molar-refractivity contribution >= 4 is 5.97 Å². The highest BCUT2D eigenvalue weighted by atomic mass is 16.5. The summed E-state index contributed by atoms with van der Waals surface area (Å²) in [6, 6.07) is 21.8. The SMILES string of the molecule is C=C(C)C(=O)OCCc1cc(-c2ccc(-c3ccc(C4CCCCC4)cc3)c(C)c2)ccc1OCCO. The summed E-state index contributed by atoms with van der Waals surface area (Å²) < 4.78 is 11.0. The number of ether oxygens (including phenoxy) is 2. The van der Waals surface area contributed by atoms with Crippen molar-refractivity contribution in [1.82, 2.24) is 0 Å². The van der Waals surface area contributed by atoms with E-state index < -0.39 is 5.97 Å². The van der Waals surface area contributed by atoms with Crippen molar-refractivity contribution < 1.29 is 19.4 Å². The summed E-state index contributed by atoms with van der Waals surface area (Å²) in [5.41, 5.74) is 8.69. The van der Waals surface area contributed by atoms with E-state index in [0.717, 1.165) is 16.7 Å². The third-order valence-corrected chi connectivity index (χ3v) is 7.22. The molecule has 0 amide bonds. The van der Waals surface area contributed by atoms with Crippen molar-refractivity contribution in [2.45, 2.75) is 58.3 Å². The normalized spacial score (nSPS) is 13.8.